The van der Waals surface area contributed by atoms with Gasteiger partial charge in [0, 0.05) is 50.4 Å². The number of anilines is 1. The van der Waals surface area contributed by atoms with E-state index in [4.69, 9.17) is 0 Å². The highest BCUT2D eigenvalue weighted by Crippen LogP contribution is 2.41. The fourth-order valence-electron chi connectivity index (χ4n) is 3.74. The Balaban J connectivity index is 1.37. The van der Waals surface area contributed by atoms with Crippen LogP contribution in [0, 0.1) is 5.41 Å². The number of nitrogens with one attached hydrogen (secondary N) is 1. The van der Waals surface area contributed by atoms with Crippen LogP contribution in [0.15, 0.2) is 43.2 Å². The molecule has 8 heteroatoms. The number of rotatable bonds is 3. The first-order chi connectivity index (χ1) is 12.7. The second-order valence-electron chi connectivity index (χ2n) is 6.94. The molecule has 2 fully saturated rings. The molecule has 2 aromatic heterocycles. The van der Waals surface area contributed by atoms with Crippen molar-refractivity contribution in [3.8, 4) is 0 Å². The maximum absolute atomic E-state index is 12.5. The van der Waals surface area contributed by atoms with Crippen LogP contribution in [0.2, 0.25) is 0 Å². The molecule has 2 aliphatic rings. The van der Waals surface area contributed by atoms with Crippen molar-refractivity contribution < 1.29 is 9.59 Å². The molecule has 8 nitrogen and oxygen atoms in total. The van der Waals surface area contributed by atoms with E-state index in [0.717, 1.165) is 12.0 Å². The molecule has 0 bridgehead atoms. The van der Waals surface area contributed by atoms with Crippen molar-refractivity contribution in [1.82, 2.24) is 25.2 Å². The summed E-state index contributed by atoms with van der Waals surface area (Å²) in [6, 6.07) is 3.67. The van der Waals surface area contributed by atoms with Crippen molar-refractivity contribution in [2.45, 2.75) is 19.4 Å². The van der Waals surface area contributed by atoms with Crippen molar-refractivity contribution in [2.75, 3.05) is 24.5 Å². The van der Waals surface area contributed by atoms with Gasteiger partial charge in [-0.1, -0.05) is 6.07 Å². The summed E-state index contributed by atoms with van der Waals surface area (Å²) in [5.74, 6) is 0.0671. The zero-order valence-corrected chi connectivity index (χ0v) is 14.3. The van der Waals surface area contributed by atoms with E-state index in [-0.39, 0.29) is 17.4 Å². The molecule has 0 aliphatic carbocycles. The molecular formula is C18H20N6O2. The first-order valence-electron chi connectivity index (χ1n) is 8.62. The SMILES string of the molecule is O=C(NCc1cccnc1)N1CC[C@@]2(CC(=O)N(c3cncnc3)C2)C1. The molecule has 1 spiro atoms. The molecule has 0 unspecified atom stereocenters. The third-order valence-corrected chi connectivity index (χ3v) is 5.07. The van der Waals surface area contributed by atoms with E-state index in [9.17, 15) is 9.59 Å². The lowest BCUT2D eigenvalue weighted by Crippen LogP contribution is -2.40. The first kappa shape index (κ1) is 16.4. The first-order valence-corrected chi connectivity index (χ1v) is 8.62. The monoisotopic (exact) mass is 352 g/mol. The van der Waals surface area contributed by atoms with Gasteiger partial charge in [-0.15, -0.1) is 0 Å². The van der Waals surface area contributed by atoms with Gasteiger partial charge in [0.05, 0.1) is 18.1 Å². The minimum Gasteiger partial charge on any atom is -0.334 e. The molecule has 4 heterocycles. The Bertz CT molecular complexity index is 800. The summed E-state index contributed by atoms with van der Waals surface area (Å²) in [5.41, 5.74) is 1.49. The van der Waals surface area contributed by atoms with Crippen molar-refractivity contribution >= 4 is 17.6 Å². The van der Waals surface area contributed by atoms with Gasteiger partial charge in [-0.05, 0) is 18.1 Å². The lowest BCUT2D eigenvalue weighted by atomic mass is 9.86. The van der Waals surface area contributed by atoms with Crippen LogP contribution < -0.4 is 10.2 Å². The number of hydrogen-bond acceptors (Lipinski definition) is 5. The fraction of sp³-hybridized carbons (Fsp3) is 0.389. The lowest BCUT2D eigenvalue weighted by Gasteiger charge is -2.24. The van der Waals surface area contributed by atoms with Crippen LogP contribution in [0.1, 0.15) is 18.4 Å². The molecule has 2 aromatic rings. The van der Waals surface area contributed by atoms with E-state index >= 15 is 0 Å². The minimum atomic E-state index is -0.182. The summed E-state index contributed by atoms with van der Waals surface area (Å²) < 4.78 is 0. The zero-order chi connectivity index (χ0) is 18.0. The Hall–Kier alpha value is -3.03. The topological polar surface area (TPSA) is 91.3 Å². The van der Waals surface area contributed by atoms with E-state index in [1.807, 2.05) is 12.1 Å². The molecule has 0 aromatic carbocycles. The average molecular weight is 352 g/mol. The molecule has 1 N–H and O–H groups in total. The van der Waals surface area contributed by atoms with Crippen LogP contribution in [0.4, 0.5) is 10.5 Å². The normalized spacial score (nSPS) is 22.2. The summed E-state index contributed by atoms with van der Waals surface area (Å²) in [5, 5.41) is 2.93. The van der Waals surface area contributed by atoms with E-state index in [2.05, 4.69) is 20.3 Å². The number of hydrogen-bond donors (Lipinski definition) is 1. The third-order valence-electron chi connectivity index (χ3n) is 5.07. The molecule has 3 amide bonds. The number of carbonyl (C=O) groups is 2. The van der Waals surface area contributed by atoms with Crippen molar-refractivity contribution in [3.63, 3.8) is 0 Å². The van der Waals surface area contributed by atoms with Crippen LogP contribution in [-0.2, 0) is 11.3 Å². The molecular weight excluding hydrogens is 332 g/mol. The Labute approximate surface area is 151 Å². The smallest absolute Gasteiger partial charge is 0.317 e. The molecule has 0 saturated carbocycles. The summed E-state index contributed by atoms with van der Waals surface area (Å²) in [4.78, 5) is 40.5. The number of nitrogens with zero attached hydrogens (tertiary/aromatic N) is 5. The van der Waals surface area contributed by atoms with Gasteiger partial charge in [0.15, 0.2) is 0 Å². The van der Waals surface area contributed by atoms with Gasteiger partial charge in [-0.25, -0.2) is 14.8 Å². The predicted molar refractivity (Wildman–Crippen MR) is 94.1 cm³/mol. The Morgan fingerprint density at radius 1 is 1.19 bits per heavy atom. The summed E-state index contributed by atoms with van der Waals surface area (Å²) >= 11 is 0. The highest BCUT2D eigenvalue weighted by molar-refractivity contribution is 5.96. The number of urea groups is 1. The predicted octanol–water partition coefficient (Wildman–Crippen LogP) is 1.21. The van der Waals surface area contributed by atoms with Gasteiger partial charge in [-0.3, -0.25) is 9.78 Å². The molecule has 1 atom stereocenters. The molecule has 2 saturated heterocycles. The second kappa shape index (κ2) is 6.70. The number of pyridine rings is 1. The zero-order valence-electron chi connectivity index (χ0n) is 14.3. The van der Waals surface area contributed by atoms with Crippen molar-refractivity contribution in [1.29, 1.82) is 0 Å². The average Bonchev–Trinajstić information content (AvgIpc) is 3.24. The van der Waals surface area contributed by atoms with Gasteiger partial charge >= 0.3 is 6.03 Å². The van der Waals surface area contributed by atoms with Gasteiger partial charge in [0.25, 0.3) is 0 Å². The van der Waals surface area contributed by atoms with Crippen LogP contribution in [0.3, 0.4) is 0 Å². The maximum atomic E-state index is 12.5. The minimum absolute atomic E-state index is 0.0671. The number of amides is 3. The molecule has 2 aliphatic heterocycles. The summed E-state index contributed by atoms with van der Waals surface area (Å²) in [6.45, 7) is 2.29. The lowest BCUT2D eigenvalue weighted by molar-refractivity contribution is -0.117. The Morgan fingerprint density at radius 3 is 2.81 bits per heavy atom. The largest absolute Gasteiger partial charge is 0.334 e. The van der Waals surface area contributed by atoms with Crippen LogP contribution in [0.5, 0.6) is 0 Å². The summed E-state index contributed by atoms with van der Waals surface area (Å²) in [6.07, 6.45) is 9.47. The standard InChI is InChI=1S/C18H20N6O2/c25-16-6-18(12-24(16)15-9-20-13-21-10-15)3-5-23(11-18)17(26)22-8-14-2-1-4-19-7-14/h1-2,4,7,9-10,13H,3,5-6,8,11-12H2,(H,22,26)/t18-/m1/s1. The van der Waals surface area contributed by atoms with Crippen LogP contribution in [-0.4, -0.2) is 51.4 Å². The third kappa shape index (κ3) is 3.22. The quantitative estimate of drug-likeness (QED) is 0.896. The van der Waals surface area contributed by atoms with Crippen molar-refractivity contribution in [3.05, 3.63) is 48.8 Å². The van der Waals surface area contributed by atoms with E-state index in [1.54, 1.807) is 34.6 Å². The van der Waals surface area contributed by atoms with Crippen molar-refractivity contribution in [2.24, 2.45) is 5.41 Å². The molecule has 4 rings (SSSR count). The van der Waals surface area contributed by atoms with Gasteiger partial charge in [0.1, 0.15) is 6.33 Å². The van der Waals surface area contributed by atoms with Gasteiger partial charge < -0.3 is 15.1 Å². The second-order valence-corrected chi connectivity index (χ2v) is 6.94. The van der Waals surface area contributed by atoms with Crippen LogP contribution in [0.25, 0.3) is 0 Å². The van der Waals surface area contributed by atoms with E-state index in [1.165, 1.54) is 6.33 Å². The molecule has 0 radical (unpaired) electrons. The number of carbonyl (C=O) groups excluding carboxylic acids is 2. The number of aromatic nitrogens is 3. The van der Waals surface area contributed by atoms with E-state index in [0.29, 0.717) is 38.3 Å². The Morgan fingerprint density at radius 2 is 2.04 bits per heavy atom. The fourth-order valence-corrected chi connectivity index (χ4v) is 3.74. The molecule has 26 heavy (non-hydrogen) atoms. The highest BCUT2D eigenvalue weighted by Gasteiger charge is 2.48. The summed E-state index contributed by atoms with van der Waals surface area (Å²) in [7, 11) is 0. The Kier molecular flexibility index (Phi) is 4.24. The molecule has 134 valence electrons. The van der Waals surface area contributed by atoms with Crippen LogP contribution >= 0.6 is 0 Å². The number of likely N-dealkylation sites (tertiary alicyclic amines) is 1. The van der Waals surface area contributed by atoms with Gasteiger partial charge in [0.2, 0.25) is 5.91 Å². The maximum Gasteiger partial charge on any atom is 0.317 e. The van der Waals surface area contributed by atoms with Gasteiger partial charge in [-0.2, -0.15) is 0 Å². The van der Waals surface area contributed by atoms with E-state index < -0.39 is 0 Å². The highest BCUT2D eigenvalue weighted by atomic mass is 16.2.